The van der Waals surface area contributed by atoms with E-state index in [-0.39, 0.29) is 18.5 Å². The molecule has 0 aromatic rings. The molecule has 1 saturated heterocycles. The zero-order chi connectivity index (χ0) is 10.1. The van der Waals surface area contributed by atoms with Crippen molar-refractivity contribution < 1.29 is 8.78 Å². The quantitative estimate of drug-likeness (QED) is 0.569. The van der Waals surface area contributed by atoms with Gasteiger partial charge in [0.25, 0.3) is 5.92 Å². The maximum Gasteiger partial charge on any atom is 0.260 e. The summed E-state index contributed by atoms with van der Waals surface area (Å²) in [6, 6.07) is 0. The molecule has 0 aliphatic carbocycles. The molecule has 1 aliphatic heterocycles. The predicted molar refractivity (Wildman–Crippen MR) is 50.1 cm³/mol. The first-order chi connectivity index (χ1) is 5.81. The summed E-state index contributed by atoms with van der Waals surface area (Å²) in [5.74, 6) is -2.48. The fourth-order valence-electron chi connectivity index (χ4n) is 1.70. The van der Waals surface area contributed by atoms with Crippen LogP contribution in [0.1, 0.15) is 40.0 Å². The highest BCUT2D eigenvalue weighted by Crippen LogP contribution is 2.29. The molecule has 1 heterocycles. The lowest BCUT2D eigenvalue weighted by Crippen LogP contribution is -2.46. The Kier molecular flexibility index (Phi) is 2.95. The molecule has 1 nitrogen and oxygen atoms in total. The molecule has 0 bridgehead atoms. The summed E-state index contributed by atoms with van der Waals surface area (Å²) in [6.07, 6.45) is 1.60. The second kappa shape index (κ2) is 3.52. The van der Waals surface area contributed by atoms with Crippen molar-refractivity contribution in [2.24, 2.45) is 0 Å². The van der Waals surface area contributed by atoms with Gasteiger partial charge in [0.05, 0.1) is 6.54 Å². The van der Waals surface area contributed by atoms with E-state index in [0.29, 0.717) is 6.42 Å². The monoisotopic (exact) mass is 191 g/mol. The number of rotatable bonds is 0. The third kappa shape index (κ3) is 3.22. The van der Waals surface area contributed by atoms with Crippen molar-refractivity contribution in [3.05, 3.63) is 0 Å². The van der Waals surface area contributed by atoms with E-state index in [1.807, 2.05) is 25.7 Å². The molecule has 0 saturated carbocycles. The van der Waals surface area contributed by atoms with Gasteiger partial charge in [0.2, 0.25) is 0 Å². The Labute approximate surface area is 79.1 Å². The smallest absolute Gasteiger partial charge is 0.260 e. The lowest BCUT2D eigenvalue weighted by molar-refractivity contribution is -0.0480. The second-order valence-electron chi connectivity index (χ2n) is 4.91. The van der Waals surface area contributed by atoms with Gasteiger partial charge in [-0.05, 0) is 40.2 Å². The van der Waals surface area contributed by atoms with Crippen LogP contribution in [0.5, 0.6) is 0 Å². The topological polar surface area (TPSA) is 3.24 Å². The third-order valence-electron chi connectivity index (χ3n) is 2.59. The van der Waals surface area contributed by atoms with E-state index < -0.39 is 5.92 Å². The van der Waals surface area contributed by atoms with Crippen LogP contribution < -0.4 is 0 Å². The highest BCUT2D eigenvalue weighted by atomic mass is 19.3. The fourth-order valence-corrected chi connectivity index (χ4v) is 1.70. The fraction of sp³-hybridized carbons (Fsp3) is 1.00. The van der Waals surface area contributed by atoms with Gasteiger partial charge in [-0.3, -0.25) is 4.90 Å². The van der Waals surface area contributed by atoms with Gasteiger partial charge in [-0.15, -0.1) is 0 Å². The third-order valence-corrected chi connectivity index (χ3v) is 2.59. The molecule has 0 radical (unpaired) electrons. The van der Waals surface area contributed by atoms with Crippen LogP contribution in [-0.4, -0.2) is 29.5 Å². The van der Waals surface area contributed by atoms with Crippen molar-refractivity contribution in [3.8, 4) is 0 Å². The summed E-state index contributed by atoms with van der Waals surface area (Å²) in [4.78, 5) is 1.89. The van der Waals surface area contributed by atoms with Crippen LogP contribution in [0.3, 0.4) is 0 Å². The number of alkyl halides is 2. The molecule has 1 rings (SSSR count). The minimum absolute atomic E-state index is 0.0551. The summed E-state index contributed by atoms with van der Waals surface area (Å²) in [6.45, 7) is 6.72. The Hall–Kier alpha value is -0.180. The minimum Gasteiger partial charge on any atom is -0.293 e. The van der Waals surface area contributed by atoms with Crippen molar-refractivity contribution in [2.75, 3.05) is 13.1 Å². The van der Waals surface area contributed by atoms with Crippen molar-refractivity contribution in [1.82, 2.24) is 4.90 Å². The van der Waals surface area contributed by atoms with Gasteiger partial charge in [-0.25, -0.2) is 8.78 Å². The predicted octanol–water partition coefficient (Wildman–Crippen LogP) is 2.91. The Morgan fingerprint density at radius 1 is 1.15 bits per heavy atom. The van der Waals surface area contributed by atoms with E-state index in [0.717, 1.165) is 13.0 Å². The van der Waals surface area contributed by atoms with Gasteiger partial charge in [0, 0.05) is 12.0 Å². The van der Waals surface area contributed by atoms with Crippen molar-refractivity contribution in [3.63, 3.8) is 0 Å². The van der Waals surface area contributed by atoms with Gasteiger partial charge < -0.3 is 0 Å². The van der Waals surface area contributed by atoms with E-state index in [1.165, 1.54) is 0 Å². The number of likely N-dealkylation sites (tertiary alicyclic amines) is 1. The normalized spacial score (nSPS) is 25.6. The van der Waals surface area contributed by atoms with Gasteiger partial charge >= 0.3 is 0 Å². The molecule has 0 aromatic carbocycles. The molecule has 0 spiro atoms. The standard InChI is InChI=1S/C10H19F2N/c1-9(2,3)13-7-5-4-6-10(11,12)8-13/h4-8H2,1-3H3. The van der Waals surface area contributed by atoms with Crippen molar-refractivity contribution >= 4 is 0 Å². The second-order valence-corrected chi connectivity index (χ2v) is 4.91. The molecule has 0 atom stereocenters. The van der Waals surface area contributed by atoms with E-state index in [2.05, 4.69) is 0 Å². The van der Waals surface area contributed by atoms with Crippen LogP contribution in [0.4, 0.5) is 8.78 Å². The van der Waals surface area contributed by atoms with Crippen LogP contribution in [0.15, 0.2) is 0 Å². The van der Waals surface area contributed by atoms with E-state index in [9.17, 15) is 8.78 Å². The van der Waals surface area contributed by atoms with Crippen LogP contribution in [-0.2, 0) is 0 Å². The summed E-state index contributed by atoms with van der Waals surface area (Å²) < 4.78 is 26.4. The molecular weight excluding hydrogens is 172 g/mol. The first-order valence-corrected chi connectivity index (χ1v) is 4.94. The summed E-state index contributed by atoms with van der Waals surface area (Å²) in [7, 11) is 0. The van der Waals surface area contributed by atoms with Crippen molar-refractivity contribution in [2.45, 2.75) is 51.5 Å². The van der Waals surface area contributed by atoms with Crippen molar-refractivity contribution in [1.29, 1.82) is 0 Å². The molecule has 78 valence electrons. The summed E-state index contributed by atoms with van der Waals surface area (Å²) >= 11 is 0. The van der Waals surface area contributed by atoms with Gasteiger partial charge in [-0.1, -0.05) is 0 Å². The number of nitrogens with zero attached hydrogens (tertiary/aromatic N) is 1. The largest absolute Gasteiger partial charge is 0.293 e. The summed E-state index contributed by atoms with van der Waals surface area (Å²) in [5.41, 5.74) is -0.131. The molecule has 13 heavy (non-hydrogen) atoms. The first-order valence-electron chi connectivity index (χ1n) is 4.94. The van der Waals surface area contributed by atoms with E-state index in [1.54, 1.807) is 0 Å². The number of hydrogen-bond acceptors (Lipinski definition) is 1. The molecule has 0 unspecified atom stereocenters. The molecule has 1 fully saturated rings. The number of hydrogen-bond donors (Lipinski definition) is 0. The highest BCUT2D eigenvalue weighted by Gasteiger charge is 2.36. The average Bonchev–Trinajstić information content (AvgIpc) is 2.08. The zero-order valence-corrected chi connectivity index (χ0v) is 8.74. The maximum absolute atomic E-state index is 13.2. The Balaban J connectivity index is 2.65. The van der Waals surface area contributed by atoms with Gasteiger partial charge in [-0.2, -0.15) is 0 Å². The molecule has 0 N–H and O–H groups in total. The molecule has 1 aliphatic rings. The van der Waals surface area contributed by atoms with E-state index >= 15 is 0 Å². The van der Waals surface area contributed by atoms with Crippen LogP contribution in [0.25, 0.3) is 0 Å². The lowest BCUT2D eigenvalue weighted by atomic mass is 10.1. The zero-order valence-electron chi connectivity index (χ0n) is 8.74. The Morgan fingerprint density at radius 2 is 1.77 bits per heavy atom. The SMILES string of the molecule is CC(C)(C)N1CCCCC(F)(F)C1. The van der Waals surface area contributed by atoms with Crippen LogP contribution >= 0.6 is 0 Å². The lowest BCUT2D eigenvalue weighted by Gasteiger charge is -2.36. The summed E-state index contributed by atoms with van der Waals surface area (Å²) in [5, 5.41) is 0. The number of halogens is 2. The minimum atomic E-state index is -2.48. The first kappa shape index (κ1) is 10.9. The maximum atomic E-state index is 13.2. The van der Waals surface area contributed by atoms with E-state index in [4.69, 9.17) is 0 Å². The molecular formula is C10H19F2N. The van der Waals surface area contributed by atoms with Crippen LogP contribution in [0.2, 0.25) is 0 Å². The Morgan fingerprint density at radius 3 is 2.31 bits per heavy atom. The average molecular weight is 191 g/mol. The molecule has 3 heteroatoms. The van der Waals surface area contributed by atoms with Crippen LogP contribution in [0, 0.1) is 0 Å². The molecule has 0 aromatic heterocycles. The Bertz CT molecular complexity index is 172. The molecule has 0 amide bonds. The highest BCUT2D eigenvalue weighted by molar-refractivity contribution is 4.84. The van der Waals surface area contributed by atoms with Gasteiger partial charge in [0.1, 0.15) is 0 Å². The van der Waals surface area contributed by atoms with Gasteiger partial charge in [0.15, 0.2) is 0 Å².